The molecule has 10 heteroatoms. The standard InChI is InChI=1S/C25H18N2O6S2/c1-12-8-14-19(10-16(12)31-2)35-25(26-14)27-21(18-4-3-7-34-18)20(23(29)24(27)30)22(28)13-5-6-15-17(9-13)33-11-32-15/h3-10,21,28H,11H2,1-2H3/b22-20+. The van der Waals surface area contributed by atoms with Gasteiger partial charge in [0.2, 0.25) is 6.79 Å². The number of rotatable bonds is 4. The summed E-state index contributed by atoms with van der Waals surface area (Å²) in [5.41, 5.74) is 1.98. The Hall–Kier alpha value is -3.89. The second-order valence-electron chi connectivity index (χ2n) is 8.04. The van der Waals surface area contributed by atoms with E-state index >= 15 is 0 Å². The number of aliphatic hydroxyl groups excluding tert-OH is 1. The molecule has 1 amide bonds. The third kappa shape index (κ3) is 3.36. The lowest BCUT2D eigenvalue weighted by atomic mass is 9.99. The largest absolute Gasteiger partial charge is 0.507 e. The van der Waals surface area contributed by atoms with Crippen LogP contribution in [0.4, 0.5) is 5.13 Å². The fourth-order valence-electron chi connectivity index (χ4n) is 4.32. The summed E-state index contributed by atoms with van der Waals surface area (Å²) in [7, 11) is 1.60. The van der Waals surface area contributed by atoms with Crippen LogP contribution in [0, 0.1) is 6.92 Å². The van der Waals surface area contributed by atoms with E-state index in [9.17, 15) is 14.7 Å². The summed E-state index contributed by atoms with van der Waals surface area (Å²) >= 11 is 2.69. The molecule has 8 nitrogen and oxygen atoms in total. The third-order valence-electron chi connectivity index (χ3n) is 6.00. The van der Waals surface area contributed by atoms with Crippen LogP contribution in [0.2, 0.25) is 0 Å². The smallest absolute Gasteiger partial charge is 0.301 e. The van der Waals surface area contributed by atoms with Crippen molar-refractivity contribution < 1.29 is 28.9 Å². The Morgan fingerprint density at radius 3 is 2.77 bits per heavy atom. The molecular formula is C25H18N2O6S2. The van der Waals surface area contributed by atoms with Crippen molar-refractivity contribution in [2.75, 3.05) is 18.8 Å². The maximum Gasteiger partial charge on any atom is 0.301 e. The van der Waals surface area contributed by atoms with Crippen molar-refractivity contribution in [1.82, 2.24) is 4.98 Å². The quantitative estimate of drug-likeness (QED) is 0.235. The van der Waals surface area contributed by atoms with Crippen molar-refractivity contribution in [1.29, 1.82) is 0 Å². The van der Waals surface area contributed by atoms with E-state index in [1.165, 1.54) is 27.6 Å². The molecular weight excluding hydrogens is 488 g/mol. The van der Waals surface area contributed by atoms with Crippen molar-refractivity contribution in [3.63, 3.8) is 0 Å². The summed E-state index contributed by atoms with van der Waals surface area (Å²) in [6.07, 6.45) is 0. The Labute approximate surface area is 207 Å². The van der Waals surface area contributed by atoms with Crippen LogP contribution >= 0.6 is 22.7 Å². The maximum absolute atomic E-state index is 13.3. The molecule has 1 unspecified atom stereocenters. The molecule has 4 aromatic rings. The van der Waals surface area contributed by atoms with Gasteiger partial charge in [-0.25, -0.2) is 4.98 Å². The number of thiophene rings is 1. The van der Waals surface area contributed by atoms with E-state index in [2.05, 4.69) is 4.98 Å². The molecule has 0 spiro atoms. The molecule has 0 radical (unpaired) electrons. The summed E-state index contributed by atoms with van der Waals surface area (Å²) in [5, 5.41) is 13.5. The van der Waals surface area contributed by atoms with Gasteiger partial charge in [0.25, 0.3) is 5.78 Å². The number of Topliss-reactive ketones (excluding diaryl/α,β-unsaturated/α-hetero) is 1. The molecule has 4 heterocycles. The number of fused-ring (bicyclic) bond motifs is 2. The molecule has 0 saturated carbocycles. The van der Waals surface area contributed by atoms with Crippen molar-refractivity contribution in [3.05, 3.63) is 69.4 Å². The molecule has 1 saturated heterocycles. The molecule has 0 aliphatic carbocycles. The first-order valence-corrected chi connectivity index (χ1v) is 12.4. The zero-order chi connectivity index (χ0) is 24.3. The normalized spacial score (nSPS) is 18.6. The third-order valence-corrected chi connectivity index (χ3v) is 7.95. The SMILES string of the molecule is COc1cc2sc(N3C(=O)C(=O)/C(=C(/O)c4ccc5c(c4)OCO5)C3c3cccs3)nc2cc1C. The van der Waals surface area contributed by atoms with E-state index in [1.54, 1.807) is 25.3 Å². The zero-order valence-corrected chi connectivity index (χ0v) is 20.2. The van der Waals surface area contributed by atoms with Crippen LogP contribution in [0.1, 0.15) is 22.0 Å². The number of carbonyl (C=O) groups excluding carboxylic acids is 2. The maximum atomic E-state index is 13.3. The fraction of sp³-hybridized carbons (Fsp3) is 0.160. The first-order chi connectivity index (χ1) is 17.0. The van der Waals surface area contributed by atoms with Gasteiger partial charge in [-0.05, 0) is 54.3 Å². The number of benzene rings is 2. The number of aryl methyl sites for hydroxylation is 1. The first kappa shape index (κ1) is 21.6. The highest BCUT2D eigenvalue weighted by atomic mass is 32.1. The van der Waals surface area contributed by atoms with Crippen LogP contribution < -0.4 is 19.1 Å². The molecule has 2 aliphatic rings. The molecule has 6 rings (SSSR count). The molecule has 176 valence electrons. The molecule has 1 fully saturated rings. The van der Waals surface area contributed by atoms with Gasteiger partial charge in [-0.15, -0.1) is 11.3 Å². The minimum absolute atomic E-state index is 0.00401. The van der Waals surface area contributed by atoms with Crippen LogP contribution in [0.5, 0.6) is 17.2 Å². The van der Waals surface area contributed by atoms with Crippen molar-refractivity contribution >= 4 is 55.5 Å². The average Bonchev–Trinajstić information content (AvgIpc) is 3.64. The number of anilines is 1. The summed E-state index contributed by atoms with van der Waals surface area (Å²) in [6, 6.07) is 11.5. The highest BCUT2D eigenvalue weighted by Crippen LogP contribution is 2.46. The van der Waals surface area contributed by atoms with Crippen LogP contribution in [-0.4, -0.2) is 35.7 Å². The highest BCUT2D eigenvalue weighted by molar-refractivity contribution is 7.22. The number of thiazole rings is 1. The lowest BCUT2D eigenvalue weighted by molar-refractivity contribution is -0.132. The number of carbonyl (C=O) groups is 2. The Bertz CT molecular complexity index is 1540. The monoisotopic (exact) mass is 506 g/mol. The van der Waals surface area contributed by atoms with Crippen LogP contribution in [0.3, 0.4) is 0 Å². The molecule has 1 N–H and O–H groups in total. The number of aromatic nitrogens is 1. The predicted molar refractivity (Wildman–Crippen MR) is 133 cm³/mol. The van der Waals surface area contributed by atoms with Gasteiger partial charge in [-0.2, -0.15) is 0 Å². The Morgan fingerprint density at radius 1 is 1.17 bits per heavy atom. The van der Waals surface area contributed by atoms with E-state index in [-0.39, 0.29) is 18.1 Å². The van der Waals surface area contributed by atoms with Crippen LogP contribution in [-0.2, 0) is 9.59 Å². The van der Waals surface area contributed by atoms with Gasteiger partial charge in [0, 0.05) is 10.4 Å². The second-order valence-corrected chi connectivity index (χ2v) is 10.0. The summed E-state index contributed by atoms with van der Waals surface area (Å²) < 4.78 is 17.0. The zero-order valence-electron chi connectivity index (χ0n) is 18.6. The van der Waals surface area contributed by atoms with E-state index < -0.39 is 17.7 Å². The van der Waals surface area contributed by atoms with Gasteiger partial charge in [0.05, 0.1) is 22.9 Å². The number of nitrogens with zero attached hydrogens (tertiary/aromatic N) is 2. The van der Waals surface area contributed by atoms with Gasteiger partial charge in [0.1, 0.15) is 17.6 Å². The number of amides is 1. The van der Waals surface area contributed by atoms with Crippen molar-refractivity contribution in [3.8, 4) is 17.2 Å². The van der Waals surface area contributed by atoms with Crippen LogP contribution in [0.25, 0.3) is 16.0 Å². The Balaban J connectivity index is 1.52. The Morgan fingerprint density at radius 2 is 2.00 bits per heavy atom. The van der Waals surface area contributed by atoms with E-state index in [1.807, 2.05) is 36.6 Å². The summed E-state index contributed by atoms with van der Waals surface area (Å²) in [6.45, 7) is 2.00. The summed E-state index contributed by atoms with van der Waals surface area (Å²) in [5.74, 6) is -0.0583. The number of hydrogen-bond donors (Lipinski definition) is 1. The number of ether oxygens (including phenoxy) is 3. The minimum atomic E-state index is -0.816. The van der Waals surface area contributed by atoms with Gasteiger partial charge < -0.3 is 19.3 Å². The molecule has 2 aromatic carbocycles. The predicted octanol–water partition coefficient (Wildman–Crippen LogP) is 5.03. The topological polar surface area (TPSA) is 98.2 Å². The van der Waals surface area contributed by atoms with Gasteiger partial charge in [0.15, 0.2) is 16.6 Å². The van der Waals surface area contributed by atoms with Crippen molar-refractivity contribution in [2.45, 2.75) is 13.0 Å². The van der Waals surface area contributed by atoms with E-state index in [4.69, 9.17) is 14.2 Å². The number of aliphatic hydroxyl groups is 1. The van der Waals surface area contributed by atoms with Crippen LogP contribution in [0.15, 0.2) is 53.4 Å². The molecule has 35 heavy (non-hydrogen) atoms. The van der Waals surface area contributed by atoms with Gasteiger partial charge in [-0.1, -0.05) is 17.4 Å². The Kier molecular flexibility index (Phi) is 5.01. The second kappa shape index (κ2) is 8.10. The minimum Gasteiger partial charge on any atom is -0.507 e. The summed E-state index contributed by atoms with van der Waals surface area (Å²) in [4.78, 5) is 33.4. The number of methoxy groups -OCH3 is 1. The molecule has 0 bridgehead atoms. The van der Waals surface area contributed by atoms with E-state index in [0.717, 1.165) is 15.1 Å². The number of ketones is 1. The van der Waals surface area contributed by atoms with Gasteiger partial charge >= 0.3 is 5.91 Å². The van der Waals surface area contributed by atoms with E-state index in [0.29, 0.717) is 33.5 Å². The fourth-order valence-corrected chi connectivity index (χ4v) is 6.14. The first-order valence-electron chi connectivity index (χ1n) is 10.7. The highest BCUT2D eigenvalue weighted by Gasteiger charge is 2.48. The van der Waals surface area contributed by atoms with Gasteiger partial charge in [-0.3, -0.25) is 14.5 Å². The molecule has 1 atom stereocenters. The molecule has 2 aliphatic heterocycles. The number of hydrogen-bond acceptors (Lipinski definition) is 9. The average molecular weight is 507 g/mol. The molecule has 2 aromatic heterocycles. The van der Waals surface area contributed by atoms with Crippen molar-refractivity contribution in [2.24, 2.45) is 0 Å². The lowest BCUT2D eigenvalue weighted by Gasteiger charge is -2.21. The lowest BCUT2D eigenvalue weighted by Crippen LogP contribution is -2.28.